The molecular formula is C10H11F2N3O3. The molecule has 0 heterocycles. The molecule has 0 aliphatic rings. The van der Waals surface area contributed by atoms with Crippen LogP contribution in [0.25, 0.3) is 0 Å². The molecule has 6 nitrogen and oxygen atoms in total. The van der Waals surface area contributed by atoms with Crippen LogP contribution in [0.5, 0.6) is 0 Å². The van der Waals surface area contributed by atoms with Gasteiger partial charge in [0.05, 0.1) is 4.92 Å². The van der Waals surface area contributed by atoms with E-state index >= 15 is 0 Å². The van der Waals surface area contributed by atoms with E-state index in [1.807, 2.05) is 5.32 Å². The standard InChI is InChI=1S/C10H11F2N3O3/c1-3-14(2)10(16)13-9-7(15(17)18)5-4-6(11)8(9)12/h4-5H,3H2,1-2H3,(H,13,16). The molecule has 0 unspecified atom stereocenters. The largest absolute Gasteiger partial charge is 0.328 e. The van der Waals surface area contributed by atoms with E-state index in [0.717, 1.165) is 11.0 Å². The lowest BCUT2D eigenvalue weighted by Crippen LogP contribution is -2.31. The summed E-state index contributed by atoms with van der Waals surface area (Å²) in [6.45, 7) is 1.98. The summed E-state index contributed by atoms with van der Waals surface area (Å²) in [5.74, 6) is -2.72. The van der Waals surface area contributed by atoms with E-state index in [4.69, 9.17) is 0 Å². The van der Waals surface area contributed by atoms with Gasteiger partial charge in [0.25, 0.3) is 5.69 Å². The molecule has 0 aromatic heterocycles. The first-order chi connectivity index (χ1) is 8.38. The van der Waals surface area contributed by atoms with Gasteiger partial charge in [-0.3, -0.25) is 15.4 Å². The summed E-state index contributed by atoms with van der Waals surface area (Å²) in [5, 5.41) is 12.6. The third-order valence-corrected chi connectivity index (χ3v) is 2.32. The summed E-state index contributed by atoms with van der Waals surface area (Å²) < 4.78 is 26.4. The van der Waals surface area contributed by atoms with Crippen molar-refractivity contribution in [1.29, 1.82) is 0 Å². The Bertz CT molecular complexity index is 494. The Labute approximate surface area is 101 Å². The highest BCUT2D eigenvalue weighted by atomic mass is 19.2. The lowest BCUT2D eigenvalue weighted by atomic mass is 10.2. The number of nitro benzene ring substituents is 1. The maximum absolute atomic E-state index is 13.4. The zero-order valence-electron chi connectivity index (χ0n) is 9.74. The van der Waals surface area contributed by atoms with Crippen molar-refractivity contribution in [3.8, 4) is 0 Å². The molecule has 0 aliphatic carbocycles. The van der Waals surface area contributed by atoms with Crippen LogP contribution in [0.1, 0.15) is 6.92 Å². The fraction of sp³-hybridized carbons (Fsp3) is 0.300. The van der Waals surface area contributed by atoms with Gasteiger partial charge in [-0.25, -0.2) is 13.6 Å². The van der Waals surface area contributed by atoms with Crippen molar-refractivity contribution in [3.05, 3.63) is 33.9 Å². The first-order valence-electron chi connectivity index (χ1n) is 5.03. The van der Waals surface area contributed by atoms with Gasteiger partial charge >= 0.3 is 6.03 Å². The van der Waals surface area contributed by atoms with Gasteiger partial charge in [-0.2, -0.15) is 0 Å². The van der Waals surface area contributed by atoms with E-state index in [9.17, 15) is 23.7 Å². The highest BCUT2D eigenvalue weighted by Crippen LogP contribution is 2.29. The van der Waals surface area contributed by atoms with Crippen LogP contribution in [0.4, 0.5) is 25.0 Å². The van der Waals surface area contributed by atoms with Crippen molar-refractivity contribution in [3.63, 3.8) is 0 Å². The van der Waals surface area contributed by atoms with E-state index in [2.05, 4.69) is 0 Å². The normalized spacial score (nSPS) is 10.0. The number of hydrogen-bond donors (Lipinski definition) is 1. The molecule has 18 heavy (non-hydrogen) atoms. The maximum atomic E-state index is 13.4. The van der Waals surface area contributed by atoms with Gasteiger partial charge in [0.1, 0.15) is 0 Å². The Balaban J connectivity index is 3.17. The zero-order valence-corrected chi connectivity index (χ0v) is 9.74. The molecule has 0 fully saturated rings. The van der Waals surface area contributed by atoms with Gasteiger partial charge in [-0.1, -0.05) is 0 Å². The van der Waals surface area contributed by atoms with Crippen molar-refractivity contribution < 1.29 is 18.5 Å². The monoisotopic (exact) mass is 259 g/mol. The van der Waals surface area contributed by atoms with E-state index in [-0.39, 0.29) is 0 Å². The predicted molar refractivity (Wildman–Crippen MR) is 60.3 cm³/mol. The Morgan fingerprint density at radius 3 is 2.61 bits per heavy atom. The number of anilines is 1. The van der Waals surface area contributed by atoms with Crippen molar-refractivity contribution in [1.82, 2.24) is 4.90 Å². The van der Waals surface area contributed by atoms with E-state index in [1.165, 1.54) is 7.05 Å². The SMILES string of the molecule is CCN(C)C(=O)Nc1c([N+](=O)[O-])ccc(F)c1F. The number of nitrogens with one attached hydrogen (secondary N) is 1. The van der Waals surface area contributed by atoms with Crippen LogP contribution in [0, 0.1) is 21.7 Å². The lowest BCUT2D eigenvalue weighted by Gasteiger charge is -2.15. The second kappa shape index (κ2) is 5.39. The Morgan fingerprint density at radius 1 is 1.50 bits per heavy atom. The first kappa shape index (κ1) is 13.8. The topological polar surface area (TPSA) is 75.5 Å². The van der Waals surface area contributed by atoms with Gasteiger partial charge in [0.15, 0.2) is 17.3 Å². The average molecular weight is 259 g/mol. The molecule has 8 heteroatoms. The molecule has 0 radical (unpaired) electrons. The second-order valence-corrected chi connectivity index (χ2v) is 3.46. The number of carbonyl (C=O) groups is 1. The fourth-order valence-electron chi connectivity index (χ4n) is 1.16. The van der Waals surface area contributed by atoms with Crippen molar-refractivity contribution >= 4 is 17.4 Å². The fourth-order valence-corrected chi connectivity index (χ4v) is 1.16. The number of hydrogen-bond acceptors (Lipinski definition) is 3. The Morgan fingerprint density at radius 2 is 2.11 bits per heavy atom. The predicted octanol–water partition coefficient (Wildman–Crippen LogP) is 2.36. The minimum absolute atomic E-state index is 0.316. The number of nitrogens with zero attached hydrogens (tertiary/aromatic N) is 2. The molecule has 0 saturated heterocycles. The molecule has 2 amide bonds. The van der Waals surface area contributed by atoms with Crippen LogP contribution < -0.4 is 5.32 Å². The van der Waals surface area contributed by atoms with Crippen LogP contribution >= 0.6 is 0 Å². The van der Waals surface area contributed by atoms with Gasteiger partial charge in [0.2, 0.25) is 0 Å². The van der Waals surface area contributed by atoms with E-state index in [1.54, 1.807) is 6.92 Å². The molecule has 0 spiro atoms. The summed E-state index contributed by atoms with van der Waals surface area (Å²) >= 11 is 0. The molecule has 0 saturated carbocycles. The first-order valence-corrected chi connectivity index (χ1v) is 5.03. The minimum atomic E-state index is -1.46. The summed E-state index contributed by atoms with van der Waals surface area (Å²) in [7, 11) is 1.42. The molecular weight excluding hydrogens is 248 g/mol. The van der Waals surface area contributed by atoms with Crippen molar-refractivity contribution in [2.24, 2.45) is 0 Å². The number of urea groups is 1. The molecule has 1 aromatic carbocycles. The summed E-state index contributed by atoms with van der Waals surface area (Å²) in [5.41, 5.74) is -1.47. The minimum Gasteiger partial charge on any atom is -0.328 e. The number of halogens is 2. The van der Waals surface area contributed by atoms with E-state index in [0.29, 0.717) is 12.6 Å². The number of benzene rings is 1. The number of carbonyl (C=O) groups excluding carboxylic acids is 1. The third kappa shape index (κ3) is 2.70. The molecule has 1 N–H and O–H groups in total. The quantitative estimate of drug-likeness (QED) is 0.668. The van der Waals surface area contributed by atoms with Crippen molar-refractivity contribution in [2.75, 3.05) is 18.9 Å². The molecule has 1 aromatic rings. The highest BCUT2D eigenvalue weighted by Gasteiger charge is 2.24. The second-order valence-electron chi connectivity index (χ2n) is 3.46. The number of amides is 2. The zero-order chi connectivity index (χ0) is 13.9. The molecule has 0 atom stereocenters. The summed E-state index contributed by atoms with van der Waals surface area (Å²) in [6, 6.07) is 0.664. The average Bonchev–Trinajstić information content (AvgIpc) is 2.33. The molecule has 98 valence electrons. The number of nitro groups is 1. The maximum Gasteiger partial charge on any atom is 0.321 e. The van der Waals surface area contributed by atoms with Gasteiger partial charge in [0, 0.05) is 19.7 Å². The summed E-state index contributed by atoms with van der Waals surface area (Å²) in [6.07, 6.45) is 0. The summed E-state index contributed by atoms with van der Waals surface area (Å²) in [4.78, 5) is 22.4. The van der Waals surface area contributed by atoms with Crippen LogP contribution in [-0.4, -0.2) is 29.4 Å². The van der Waals surface area contributed by atoms with Gasteiger partial charge in [-0.15, -0.1) is 0 Å². The lowest BCUT2D eigenvalue weighted by molar-refractivity contribution is -0.384. The highest BCUT2D eigenvalue weighted by molar-refractivity contribution is 5.91. The van der Waals surface area contributed by atoms with Gasteiger partial charge < -0.3 is 4.90 Å². The Kier molecular flexibility index (Phi) is 4.13. The molecule has 1 rings (SSSR count). The molecule has 0 aliphatic heterocycles. The van der Waals surface area contributed by atoms with Crippen LogP contribution in [0.2, 0.25) is 0 Å². The van der Waals surface area contributed by atoms with Crippen LogP contribution in [0.15, 0.2) is 12.1 Å². The Hall–Kier alpha value is -2.25. The van der Waals surface area contributed by atoms with Crippen molar-refractivity contribution in [2.45, 2.75) is 6.92 Å². The van der Waals surface area contributed by atoms with Crippen LogP contribution in [0.3, 0.4) is 0 Å². The van der Waals surface area contributed by atoms with E-state index < -0.39 is 34.0 Å². The molecule has 0 bridgehead atoms. The van der Waals surface area contributed by atoms with Crippen LogP contribution in [-0.2, 0) is 0 Å². The number of rotatable bonds is 3. The third-order valence-electron chi connectivity index (χ3n) is 2.32. The van der Waals surface area contributed by atoms with Gasteiger partial charge in [-0.05, 0) is 13.0 Å². The smallest absolute Gasteiger partial charge is 0.321 e.